The van der Waals surface area contributed by atoms with Gasteiger partial charge in [-0.25, -0.2) is 0 Å². The van der Waals surface area contributed by atoms with Crippen LogP contribution in [0.25, 0.3) is 0 Å². The summed E-state index contributed by atoms with van der Waals surface area (Å²) >= 11 is 1.72. The number of rotatable bonds is 4. The first kappa shape index (κ1) is 8.68. The highest BCUT2D eigenvalue weighted by Crippen LogP contribution is 2.09. The van der Waals surface area contributed by atoms with E-state index in [1.165, 1.54) is 11.3 Å². The molecule has 0 saturated heterocycles. The Morgan fingerprint density at radius 2 is 2.55 bits per heavy atom. The summed E-state index contributed by atoms with van der Waals surface area (Å²) in [6.45, 7) is 2.05. The minimum absolute atomic E-state index is 0.336. The van der Waals surface area contributed by atoms with Crippen LogP contribution in [0.5, 0.6) is 0 Å². The summed E-state index contributed by atoms with van der Waals surface area (Å²) in [5.74, 6) is 0. The van der Waals surface area contributed by atoms with Crippen molar-refractivity contribution < 1.29 is 0 Å². The normalized spacial score (nSPS) is 13.3. The van der Waals surface area contributed by atoms with E-state index in [0.29, 0.717) is 6.04 Å². The molecule has 1 heterocycles. The Bertz CT molecular complexity index is 182. The highest BCUT2D eigenvalue weighted by molar-refractivity contribution is 7.09. The molecule has 2 nitrogen and oxygen atoms in total. The molecule has 1 rings (SSSR count). The fourth-order valence-corrected chi connectivity index (χ4v) is 1.60. The lowest BCUT2D eigenvalue weighted by Gasteiger charge is -2.01. The van der Waals surface area contributed by atoms with Crippen molar-refractivity contribution in [2.75, 3.05) is 0 Å². The second kappa shape index (κ2) is 4.46. The van der Waals surface area contributed by atoms with Gasteiger partial charge in [-0.2, -0.15) is 0 Å². The topological polar surface area (TPSA) is 38.9 Å². The van der Waals surface area contributed by atoms with E-state index in [-0.39, 0.29) is 0 Å². The van der Waals surface area contributed by atoms with Gasteiger partial charge in [0.25, 0.3) is 0 Å². The summed E-state index contributed by atoms with van der Waals surface area (Å²) in [6.07, 6.45) is 5.36. The Balaban J connectivity index is 2.14. The predicted octanol–water partition coefficient (Wildman–Crippen LogP) is 1.81. The van der Waals surface area contributed by atoms with Crippen LogP contribution in [0.3, 0.4) is 0 Å². The van der Waals surface area contributed by atoms with Gasteiger partial charge in [-0.15, -0.1) is 11.3 Å². The maximum absolute atomic E-state index is 5.62. The first-order valence-electron chi connectivity index (χ1n) is 3.92. The first-order valence-corrected chi connectivity index (χ1v) is 4.80. The third-order valence-corrected chi connectivity index (χ3v) is 2.41. The summed E-state index contributed by atoms with van der Waals surface area (Å²) in [5.41, 5.74) is 7.50. The monoisotopic (exact) mass is 170 g/mol. The summed E-state index contributed by atoms with van der Waals surface area (Å²) in [5, 5.41) is 0. The van der Waals surface area contributed by atoms with Crippen molar-refractivity contribution in [1.82, 2.24) is 4.98 Å². The van der Waals surface area contributed by atoms with Crippen molar-refractivity contribution in [3.05, 3.63) is 16.6 Å². The third kappa shape index (κ3) is 3.49. The summed E-state index contributed by atoms with van der Waals surface area (Å²) in [7, 11) is 0. The molecule has 0 radical (unpaired) electrons. The standard InChI is InChI=1S/C8H14N2S/c1-7(9)3-2-4-8-5-10-6-11-8/h5-7H,2-4,9H2,1H3. The largest absolute Gasteiger partial charge is 0.328 e. The zero-order valence-corrected chi connectivity index (χ0v) is 7.60. The van der Waals surface area contributed by atoms with E-state index in [4.69, 9.17) is 5.73 Å². The average Bonchev–Trinajstić information content (AvgIpc) is 2.39. The molecule has 62 valence electrons. The van der Waals surface area contributed by atoms with Crippen LogP contribution in [0.4, 0.5) is 0 Å². The fourth-order valence-electron chi connectivity index (χ4n) is 0.964. The Kier molecular flexibility index (Phi) is 3.52. The molecular weight excluding hydrogens is 156 g/mol. The van der Waals surface area contributed by atoms with E-state index in [2.05, 4.69) is 4.98 Å². The lowest BCUT2D eigenvalue weighted by Crippen LogP contribution is -2.14. The minimum Gasteiger partial charge on any atom is -0.328 e. The van der Waals surface area contributed by atoms with E-state index in [1.54, 1.807) is 11.3 Å². The van der Waals surface area contributed by atoms with E-state index in [0.717, 1.165) is 12.8 Å². The molecule has 0 aliphatic carbocycles. The van der Waals surface area contributed by atoms with Crippen molar-refractivity contribution in [2.45, 2.75) is 32.2 Å². The molecule has 0 saturated carbocycles. The van der Waals surface area contributed by atoms with E-state index in [9.17, 15) is 0 Å². The second-order valence-corrected chi connectivity index (χ2v) is 3.81. The molecule has 0 bridgehead atoms. The van der Waals surface area contributed by atoms with Gasteiger partial charge < -0.3 is 5.73 Å². The van der Waals surface area contributed by atoms with Gasteiger partial charge in [-0.1, -0.05) is 0 Å². The van der Waals surface area contributed by atoms with Crippen LogP contribution < -0.4 is 5.73 Å². The van der Waals surface area contributed by atoms with Gasteiger partial charge in [0.1, 0.15) is 0 Å². The maximum atomic E-state index is 5.62. The molecule has 0 aliphatic rings. The number of aryl methyl sites for hydroxylation is 1. The molecule has 0 amide bonds. The van der Waals surface area contributed by atoms with Crippen molar-refractivity contribution in [3.8, 4) is 0 Å². The molecule has 1 atom stereocenters. The van der Waals surface area contributed by atoms with E-state index >= 15 is 0 Å². The van der Waals surface area contributed by atoms with E-state index < -0.39 is 0 Å². The Hall–Kier alpha value is -0.410. The van der Waals surface area contributed by atoms with Crippen LogP contribution in [0.15, 0.2) is 11.7 Å². The molecule has 11 heavy (non-hydrogen) atoms. The molecule has 2 N–H and O–H groups in total. The van der Waals surface area contributed by atoms with Crippen LogP contribution in [0.2, 0.25) is 0 Å². The van der Waals surface area contributed by atoms with Crippen LogP contribution in [0.1, 0.15) is 24.6 Å². The number of hydrogen-bond acceptors (Lipinski definition) is 3. The molecule has 3 heteroatoms. The van der Waals surface area contributed by atoms with Gasteiger partial charge in [-0.3, -0.25) is 4.98 Å². The zero-order valence-electron chi connectivity index (χ0n) is 6.79. The molecular formula is C8H14N2S. The van der Waals surface area contributed by atoms with Crippen LogP contribution in [-0.2, 0) is 6.42 Å². The molecule has 0 spiro atoms. The lowest BCUT2D eigenvalue weighted by atomic mass is 10.1. The van der Waals surface area contributed by atoms with Gasteiger partial charge >= 0.3 is 0 Å². The molecule has 0 aromatic carbocycles. The zero-order chi connectivity index (χ0) is 8.10. The minimum atomic E-state index is 0.336. The molecule has 1 unspecified atom stereocenters. The summed E-state index contributed by atoms with van der Waals surface area (Å²) < 4.78 is 0. The Morgan fingerprint density at radius 1 is 1.73 bits per heavy atom. The third-order valence-electron chi connectivity index (χ3n) is 1.57. The van der Waals surface area contributed by atoms with Gasteiger partial charge in [0.2, 0.25) is 0 Å². The molecule has 0 fully saturated rings. The number of nitrogens with zero attached hydrogens (tertiary/aromatic N) is 1. The smallest absolute Gasteiger partial charge is 0.0794 e. The first-order chi connectivity index (χ1) is 5.29. The van der Waals surface area contributed by atoms with Gasteiger partial charge in [-0.05, 0) is 26.2 Å². The fraction of sp³-hybridized carbons (Fsp3) is 0.625. The number of nitrogens with two attached hydrogens (primary N) is 1. The van der Waals surface area contributed by atoms with Crippen molar-refractivity contribution in [3.63, 3.8) is 0 Å². The van der Waals surface area contributed by atoms with E-state index in [1.807, 2.05) is 18.6 Å². The van der Waals surface area contributed by atoms with Gasteiger partial charge in [0.05, 0.1) is 5.51 Å². The molecule has 1 aromatic heterocycles. The van der Waals surface area contributed by atoms with Gasteiger partial charge in [0, 0.05) is 17.1 Å². The Morgan fingerprint density at radius 3 is 3.09 bits per heavy atom. The lowest BCUT2D eigenvalue weighted by molar-refractivity contribution is 0.626. The van der Waals surface area contributed by atoms with Crippen molar-refractivity contribution in [2.24, 2.45) is 5.73 Å². The maximum Gasteiger partial charge on any atom is 0.0794 e. The highest BCUT2D eigenvalue weighted by Gasteiger charge is 1.96. The van der Waals surface area contributed by atoms with Crippen molar-refractivity contribution in [1.29, 1.82) is 0 Å². The van der Waals surface area contributed by atoms with Crippen LogP contribution in [0, 0.1) is 0 Å². The second-order valence-electron chi connectivity index (χ2n) is 2.84. The SMILES string of the molecule is CC(N)CCCc1cncs1. The average molecular weight is 170 g/mol. The quantitative estimate of drug-likeness (QED) is 0.748. The summed E-state index contributed by atoms with van der Waals surface area (Å²) in [4.78, 5) is 5.37. The highest BCUT2D eigenvalue weighted by atomic mass is 32.1. The van der Waals surface area contributed by atoms with Gasteiger partial charge in [0.15, 0.2) is 0 Å². The van der Waals surface area contributed by atoms with Crippen molar-refractivity contribution >= 4 is 11.3 Å². The predicted molar refractivity (Wildman–Crippen MR) is 48.7 cm³/mol. The van der Waals surface area contributed by atoms with Crippen LogP contribution >= 0.6 is 11.3 Å². The number of hydrogen-bond donors (Lipinski definition) is 1. The summed E-state index contributed by atoms with van der Waals surface area (Å²) in [6, 6.07) is 0.336. The molecule has 1 aromatic rings. The number of thiazole rings is 1. The number of aromatic nitrogens is 1. The van der Waals surface area contributed by atoms with Crippen LogP contribution in [-0.4, -0.2) is 11.0 Å². The molecule has 0 aliphatic heterocycles. The Labute approximate surface area is 71.5 Å².